The SMILES string of the molecule is c1ccc(-c2ccc(N(c3ccc4c(c3)sc3ccc5nc(-c6ccccc6)sc5c34)c3ccccc3-c3cccc4ccccc34)cc2)cc1. The molecule has 240 valence electrons. The van der Waals surface area contributed by atoms with Crippen molar-refractivity contribution in [1.82, 2.24) is 4.98 Å². The molecular weight excluding hydrogens is 657 g/mol. The number of benzene rings is 8. The van der Waals surface area contributed by atoms with Gasteiger partial charge in [-0.2, -0.15) is 0 Å². The number of thiazole rings is 1. The molecule has 8 aromatic carbocycles. The summed E-state index contributed by atoms with van der Waals surface area (Å²) in [6.45, 7) is 0. The van der Waals surface area contributed by atoms with Crippen molar-refractivity contribution >= 4 is 80.9 Å². The van der Waals surface area contributed by atoms with Gasteiger partial charge in [0.1, 0.15) is 5.01 Å². The van der Waals surface area contributed by atoms with Crippen molar-refractivity contribution in [2.24, 2.45) is 0 Å². The smallest absolute Gasteiger partial charge is 0.124 e. The van der Waals surface area contributed by atoms with Crippen LogP contribution in [0.2, 0.25) is 0 Å². The molecule has 51 heavy (non-hydrogen) atoms. The molecule has 0 fully saturated rings. The van der Waals surface area contributed by atoms with Gasteiger partial charge in [0.05, 0.1) is 15.9 Å². The fourth-order valence-electron chi connectivity index (χ4n) is 7.30. The van der Waals surface area contributed by atoms with E-state index in [9.17, 15) is 0 Å². The highest BCUT2D eigenvalue weighted by Gasteiger charge is 2.20. The standard InChI is InChI=1S/C47H30N2S2/c1-3-12-31(13-4-1)32-22-24-35(25-23-32)49(42-21-10-9-19-39(42)38-20-11-17-33-14-7-8-18-37(33)38)36-26-27-40-44(30-36)50-43-29-28-41-46(45(40)43)51-47(48-41)34-15-5-2-6-16-34/h1-30H. The lowest BCUT2D eigenvalue weighted by Gasteiger charge is -2.28. The summed E-state index contributed by atoms with van der Waals surface area (Å²) in [4.78, 5) is 7.47. The van der Waals surface area contributed by atoms with E-state index < -0.39 is 0 Å². The second kappa shape index (κ2) is 12.4. The van der Waals surface area contributed by atoms with Gasteiger partial charge in [-0.25, -0.2) is 4.98 Å². The summed E-state index contributed by atoms with van der Waals surface area (Å²) in [7, 11) is 0. The molecule has 0 saturated carbocycles. The highest BCUT2D eigenvalue weighted by atomic mass is 32.1. The van der Waals surface area contributed by atoms with Gasteiger partial charge in [0.15, 0.2) is 0 Å². The molecule has 0 aliphatic rings. The van der Waals surface area contributed by atoms with Gasteiger partial charge in [0.2, 0.25) is 0 Å². The summed E-state index contributed by atoms with van der Waals surface area (Å²) in [5.41, 5.74) is 10.4. The number of aromatic nitrogens is 1. The van der Waals surface area contributed by atoms with Crippen LogP contribution in [0.15, 0.2) is 182 Å². The summed E-state index contributed by atoms with van der Waals surface area (Å²) < 4.78 is 3.80. The minimum absolute atomic E-state index is 1.05. The molecule has 0 saturated heterocycles. The largest absolute Gasteiger partial charge is 0.310 e. The minimum atomic E-state index is 1.05. The van der Waals surface area contributed by atoms with Crippen LogP contribution in [0.1, 0.15) is 0 Å². The number of hydrogen-bond donors (Lipinski definition) is 0. The summed E-state index contributed by atoms with van der Waals surface area (Å²) in [6, 6.07) is 65.6. The quantitative estimate of drug-likeness (QED) is 0.173. The van der Waals surface area contributed by atoms with E-state index >= 15 is 0 Å². The average Bonchev–Trinajstić information content (AvgIpc) is 3.81. The predicted molar refractivity (Wildman–Crippen MR) is 221 cm³/mol. The monoisotopic (exact) mass is 686 g/mol. The Labute approximate surface area is 304 Å². The van der Waals surface area contributed by atoms with Crippen LogP contribution in [0.4, 0.5) is 17.1 Å². The first-order valence-electron chi connectivity index (χ1n) is 17.1. The number of para-hydroxylation sites is 1. The first-order valence-corrected chi connectivity index (χ1v) is 18.8. The summed E-state index contributed by atoms with van der Waals surface area (Å²) in [6.07, 6.45) is 0. The molecule has 0 unspecified atom stereocenters. The molecule has 0 N–H and O–H groups in total. The molecule has 2 heterocycles. The van der Waals surface area contributed by atoms with Crippen molar-refractivity contribution in [1.29, 1.82) is 0 Å². The zero-order chi connectivity index (χ0) is 33.7. The van der Waals surface area contributed by atoms with Crippen LogP contribution in [0.5, 0.6) is 0 Å². The van der Waals surface area contributed by atoms with E-state index in [0.717, 1.165) is 33.1 Å². The van der Waals surface area contributed by atoms with Crippen LogP contribution in [-0.4, -0.2) is 4.98 Å². The van der Waals surface area contributed by atoms with E-state index in [1.165, 1.54) is 57.9 Å². The zero-order valence-corrected chi connectivity index (χ0v) is 29.2. The van der Waals surface area contributed by atoms with Crippen molar-refractivity contribution in [3.63, 3.8) is 0 Å². The van der Waals surface area contributed by atoms with Crippen LogP contribution >= 0.6 is 22.7 Å². The fourth-order valence-corrected chi connectivity index (χ4v) is 9.64. The molecule has 2 aromatic heterocycles. The number of anilines is 3. The molecule has 4 heteroatoms. The summed E-state index contributed by atoms with van der Waals surface area (Å²) in [5, 5.41) is 6.11. The Morgan fingerprint density at radius 3 is 1.94 bits per heavy atom. The van der Waals surface area contributed by atoms with Crippen molar-refractivity contribution in [2.75, 3.05) is 4.90 Å². The molecule has 0 spiro atoms. The van der Waals surface area contributed by atoms with E-state index in [1.54, 1.807) is 11.3 Å². The van der Waals surface area contributed by atoms with E-state index in [2.05, 4.69) is 187 Å². The van der Waals surface area contributed by atoms with E-state index in [1.807, 2.05) is 11.3 Å². The molecule has 2 nitrogen and oxygen atoms in total. The van der Waals surface area contributed by atoms with Gasteiger partial charge in [0, 0.05) is 42.7 Å². The lowest BCUT2D eigenvalue weighted by Crippen LogP contribution is -2.11. The molecule has 0 amide bonds. The average molecular weight is 687 g/mol. The number of nitrogens with zero attached hydrogens (tertiary/aromatic N) is 2. The Balaban J connectivity index is 1.16. The van der Waals surface area contributed by atoms with Crippen LogP contribution in [0.25, 0.3) is 74.0 Å². The lowest BCUT2D eigenvalue weighted by molar-refractivity contribution is 1.29. The maximum Gasteiger partial charge on any atom is 0.124 e. The second-order valence-corrected chi connectivity index (χ2v) is 14.8. The van der Waals surface area contributed by atoms with Crippen molar-refractivity contribution in [3.05, 3.63) is 182 Å². The fraction of sp³-hybridized carbons (Fsp3) is 0. The predicted octanol–water partition coefficient (Wildman–Crippen LogP) is 14.3. The van der Waals surface area contributed by atoms with Crippen molar-refractivity contribution in [3.8, 4) is 32.8 Å². The van der Waals surface area contributed by atoms with Gasteiger partial charge >= 0.3 is 0 Å². The lowest BCUT2D eigenvalue weighted by atomic mass is 9.96. The molecule has 0 aliphatic heterocycles. The van der Waals surface area contributed by atoms with E-state index in [0.29, 0.717) is 0 Å². The Hall–Kier alpha value is -6.07. The Bertz CT molecular complexity index is 2850. The van der Waals surface area contributed by atoms with Gasteiger partial charge in [0.25, 0.3) is 0 Å². The Morgan fingerprint density at radius 2 is 1.10 bits per heavy atom. The molecule has 0 bridgehead atoms. The molecule has 0 aliphatic carbocycles. The first kappa shape index (κ1) is 29.8. The number of thiophene rings is 1. The topological polar surface area (TPSA) is 16.1 Å². The first-order chi connectivity index (χ1) is 25.3. The molecule has 10 aromatic rings. The third-order valence-electron chi connectivity index (χ3n) is 9.71. The Kier molecular flexibility index (Phi) is 7.23. The highest BCUT2D eigenvalue weighted by Crippen LogP contribution is 2.47. The third-order valence-corrected chi connectivity index (χ3v) is 12.0. The van der Waals surface area contributed by atoms with Gasteiger partial charge in [-0.1, -0.05) is 140 Å². The molecule has 0 atom stereocenters. The van der Waals surface area contributed by atoms with Gasteiger partial charge in [-0.3, -0.25) is 0 Å². The maximum absolute atomic E-state index is 5.05. The summed E-state index contributed by atoms with van der Waals surface area (Å²) >= 11 is 3.65. The van der Waals surface area contributed by atoms with Gasteiger partial charge in [-0.05, 0) is 69.9 Å². The minimum Gasteiger partial charge on any atom is -0.310 e. The van der Waals surface area contributed by atoms with Crippen LogP contribution in [-0.2, 0) is 0 Å². The summed E-state index contributed by atoms with van der Waals surface area (Å²) in [5.74, 6) is 0. The van der Waals surface area contributed by atoms with Crippen molar-refractivity contribution < 1.29 is 0 Å². The Morgan fingerprint density at radius 1 is 0.431 bits per heavy atom. The van der Waals surface area contributed by atoms with E-state index in [4.69, 9.17) is 4.98 Å². The normalized spacial score (nSPS) is 11.5. The molecule has 0 radical (unpaired) electrons. The van der Waals surface area contributed by atoms with Gasteiger partial charge in [-0.15, -0.1) is 22.7 Å². The number of fused-ring (bicyclic) bond motifs is 6. The zero-order valence-electron chi connectivity index (χ0n) is 27.5. The van der Waals surface area contributed by atoms with Crippen LogP contribution < -0.4 is 4.90 Å². The highest BCUT2D eigenvalue weighted by molar-refractivity contribution is 7.28. The second-order valence-electron chi connectivity index (χ2n) is 12.7. The van der Waals surface area contributed by atoms with E-state index in [-0.39, 0.29) is 0 Å². The molecule has 10 rings (SSSR count). The van der Waals surface area contributed by atoms with Crippen LogP contribution in [0, 0.1) is 0 Å². The third kappa shape index (κ3) is 5.20. The molecular formula is C47H30N2S2. The number of rotatable bonds is 6. The van der Waals surface area contributed by atoms with Crippen molar-refractivity contribution in [2.45, 2.75) is 0 Å². The van der Waals surface area contributed by atoms with Gasteiger partial charge < -0.3 is 4.90 Å². The number of hydrogen-bond acceptors (Lipinski definition) is 4. The van der Waals surface area contributed by atoms with Crippen LogP contribution in [0.3, 0.4) is 0 Å². The maximum atomic E-state index is 5.05.